The number of sulfonamides is 1. The van der Waals surface area contributed by atoms with E-state index in [-0.39, 0.29) is 10.9 Å². The molecule has 0 spiro atoms. The Morgan fingerprint density at radius 1 is 1.10 bits per heavy atom. The molecule has 1 unspecified atom stereocenters. The summed E-state index contributed by atoms with van der Waals surface area (Å²) in [6.07, 6.45) is 4.15. The monoisotopic (exact) mass is 409 g/mol. The van der Waals surface area contributed by atoms with E-state index in [2.05, 4.69) is 14.7 Å². The van der Waals surface area contributed by atoms with Crippen LogP contribution in [0.3, 0.4) is 0 Å². The lowest BCUT2D eigenvalue weighted by Crippen LogP contribution is -2.34. The summed E-state index contributed by atoms with van der Waals surface area (Å²) in [6.45, 7) is 4.24. The number of aromatic nitrogens is 2. The summed E-state index contributed by atoms with van der Waals surface area (Å²) in [4.78, 5) is 7.76. The predicted molar refractivity (Wildman–Crippen MR) is 115 cm³/mol. The Kier molecular flexibility index (Phi) is 5.25. The smallest absolute Gasteiger partial charge is 0.241 e. The lowest BCUT2D eigenvalue weighted by molar-refractivity contribution is 0.343. The number of hydrogen-bond acceptors (Lipinski definition) is 4. The van der Waals surface area contributed by atoms with Gasteiger partial charge in [-0.3, -0.25) is 4.98 Å². The molecule has 1 atom stereocenters. The first kappa shape index (κ1) is 19.4. The Labute approximate surface area is 170 Å². The number of nitrogens with zero attached hydrogens (tertiary/aromatic N) is 1. The number of hydrogen-bond donors (Lipinski definition) is 2. The number of H-pyrrole nitrogens is 1. The lowest BCUT2D eigenvalue weighted by Gasteiger charge is -2.16. The van der Waals surface area contributed by atoms with E-state index >= 15 is 0 Å². The van der Waals surface area contributed by atoms with Gasteiger partial charge in [0.1, 0.15) is 11.3 Å². The fourth-order valence-electron chi connectivity index (χ4n) is 3.63. The van der Waals surface area contributed by atoms with Crippen LogP contribution in [0, 0.1) is 0 Å². The highest BCUT2D eigenvalue weighted by Gasteiger charge is 2.22. The van der Waals surface area contributed by atoms with Gasteiger partial charge in [-0.05, 0) is 56.2 Å². The van der Waals surface area contributed by atoms with Crippen molar-refractivity contribution in [2.75, 3.05) is 6.61 Å². The average Bonchev–Trinajstić information content (AvgIpc) is 3.10. The fraction of sp³-hybridized carbons (Fsp3) is 0.227. The molecule has 2 heterocycles. The molecule has 0 aliphatic carbocycles. The zero-order chi connectivity index (χ0) is 20.4. The topological polar surface area (TPSA) is 84.1 Å². The van der Waals surface area contributed by atoms with Crippen molar-refractivity contribution in [3.63, 3.8) is 0 Å². The summed E-state index contributed by atoms with van der Waals surface area (Å²) >= 11 is 0. The third-order valence-corrected chi connectivity index (χ3v) is 6.49. The Bertz CT molecular complexity index is 1260. The van der Waals surface area contributed by atoms with Gasteiger partial charge in [0.25, 0.3) is 0 Å². The second-order valence-corrected chi connectivity index (χ2v) is 8.66. The fourth-order valence-corrected chi connectivity index (χ4v) is 5.07. The van der Waals surface area contributed by atoms with Crippen LogP contribution in [0.15, 0.2) is 65.8 Å². The number of rotatable bonds is 7. The predicted octanol–water partition coefficient (Wildman–Crippen LogP) is 4.02. The third kappa shape index (κ3) is 3.83. The first-order chi connectivity index (χ1) is 14.0. The standard InChI is InChI=1S/C22H23N3O3S/c1-3-28-20-10-11-21(18-8-6-12-23-22(18)20)29(26,27)25-15(2)13-16-14-24-19-9-5-4-7-17(16)19/h4-12,14-15,24-25H,3,13H2,1-2H3. The molecule has 0 saturated heterocycles. The van der Waals surface area contributed by atoms with E-state index in [1.165, 1.54) is 0 Å². The van der Waals surface area contributed by atoms with E-state index in [1.54, 1.807) is 30.5 Å². The van der Waals surface area contributed by atoms with Gasteiger partial charge in [-0.25, -0.2) is 13.1 Å². The molecule has 0 saturated carbocycles. The number of pyridine rings is 1. The number of ether oxygens (including phenoxy) is 1. The van der Waals surface area contributed by atoms with Gasteiger partial charge in [0.15, 0.2) is 0 Å². The van der Waals surface area contributed by atoms with E-state index in [9.17, 15) is 8.42 Å². The highest BCUT2D eigenvalue weighted by molar-refractivity contribution is 7.89. The third-order valence-electron chi connectivity index (χ3n) is 4.84. The lowest BCUT2D eigenvalue weighted by atomic mass is 10.1. The molecule has 0 fully saturated rings. The number of fused-ring (bicyclic) bond motifs is 2. The maximum atomic E-state index is 13.1. The van der Waals surface area contributed by atoms with Crippen molar-refractivity contribution in [1.29, 1.82) is 0 Å². The van der Waals surface area contributed by atoms with Crippen LogP contribution in [0.25, 0.3) is 21.8 Å². The van der Waals surface area contributed by atoms with Crippen LogP contribution in [0.2, 0.25) is 0 Å². The van der Waals surface area contributed by atoms with Crippen LogP contribution >= 0.6 is 0 Å². The minimum absolute atomic E-state index is 0.204. The molecule has 0 aliphatic rings. The van der Waals surface area contributed by atoms with Crippen molar-refractivity contribution < 1.29 is 13.2 Å². The molecule has 0 bridgehead atoms. The highest BCUT2D eigenvalue weighted by atomic mass is 32.2. The minimum Gasteiger partial charge on any atom is -0.492 e. The Morgan fingerprint density at radius 3 is 2.72 bits per heavy atom. The highest BCUT2D eigenvalue weighted by Crippen LogP contribution is 2.29. The number of benzene rings is 2. The van der Waals surface area contributed by atoms with E-state index < -0.39 is 10.0 Å². The summed E-state index contributed by atoms with van der Waals surface area (Å²) in [5.41, 5.74) is 2.66. The number of para-hydroxylation sites is 1. The first-order valence-corrected chi connectivity index (χ1v) is 11.1. The van der Waals surface area contributed by atoms with Gasteiger partial charge in [-0.1, -0.05) is 18.2 Å². The summed E-state index contributed by atoms with van der Waals surface area (Å²) in [7, 11) is -3.73. The van der Waals surface area contributed by atoms with Crippen molar-refractivity contribution in [1.82, 2.24) is 14.7 Å². The second-order valence-electron chi connectivity index (χ2n) is 6.98. The van der Waals surface area contributed by atoms with Gasteiger partial charge in [0, 0.05) is 34.7 Å². The first-order valence-electron chi connectivity index (χ1n) is 9.57. The molecule has 0 aliphatic heterocycles. The molecule has 150 valence electrons. The molecule has 4 rings (SSSR count). The van der Waals surface area contributed by atoms with Gasteiger partial charge in [0.2, 0.25) is 10.0 Å². The Hall–Kier alpha value is -2.90. The molecule has 2 aromatic carbocycles. The largest absolute Gasteiger partial charge is 0.492 e. The van der Waals surface area contributed by atoms with E-state index in [0.717, 1.165) is 16.5 Å². The van der Waals surface area contributed by atoms with Crippen molar-refractivity contribution in [2.24, 2.45) is 0 Å². The Morgan fingerprint density at radius 2 is 1.90 bits per heavy atom. The van der Waals surface area contributed by atoms with Crippen LogP contribution in [-0.2, 0) is 16.4 Å². The van der Waals surface area contributed by atoms with Crippen molar-refractivity contribution in [2.45, 2.75) is 31.2 Å². The molecule has 7 heteroatoms. The summed E-state index contributed by atoms with van der Waals surface area (Å²) in [5.74, 6) is 0.578. The summed E-state index contributed by atoms with van der Waals surface area (Å²) in [5, 5.41) is 1.65. The normalized spacial score (nSPS) is 13.0. The van der Waals surface area contributed by atoms with E-state index in [0.29, 0.717) is 29.7 Å². The molecule has 0 amide bonds. The zero-order valence-electron chi connectivity index (χ0n) is 16.3. The van der Waals surface area contributed by atoms with Crippen LogP contribution in [-0.4, -0.2) is 31.0 Å². The zero-order valence-corrected chi connectivity index (χ0v) is 17.2. The molecule has 2 N–H and O–H groups in total. The molecular formula is C22H23N3O3S. The second kappa shape index (κ2) is 7.85. The van der Waals surface area contributed by atoms with Gasteiger partial charge in [0.05, 0.1) is 11.5 Å². The molecule has 6 nitrogen and oxygen atoms in total. The Balaban J connectivity index is 1.62. The van der Waals surface area contributed by atoms with Crippen LogP contribution in [0.5, 0.6) is 5.75 Å². The van der Waals surface area contributed by atoms with Crippen molar-refractivity contribution >= 4 is 31.8 Å². The van der Waals surface area contributed by atoms with Crippen LogP contribution in [0.1, 0.15) is 19.4 Å². The molecule has 29 heavy (non-hydrogen) atoms. The molecule has 0 radical (unpaired) electrons. The van der Waals surface area contributed by atoms with Crippen LogP contribution < -0.4 is 9.46 Å². The van der Waals surface area contributed by atoms with Crippen molar-refractivity contribution in [3.8, 4) is 5.75 Å². The van der Waals surface area contributed by atoms with E-state index in [1.807, 2.05) is 44.3 Å². The SMILES string of the molecule is CCOc1ccc(S(=O)(=O)NC(C)Cc2c[nH]c3ccccc23)c2cccnc12. The average molecular weight is 410 g/mol. The van der Waals surface area contributed by atoms with Gasteiger partial charge < -0.3 is 9.72 Å². The summed E-state index contributed by atoms with van der Waals surface area (Å²) in [6, 6.07) is 14.4. The molecule has 2 aromatic heterocycles. The van der Waals surface area contributed by atoms with E-state index in [4.69, 9.17) is 4.74 Å². The number of aromatic amines is 1. The minimum atomic E-state index is -3.73. The van der Waals surface area contributed by atoms with Crippen molar-refractivity contribution in [3.05, 3.63) is 66.5 Å². The molecule has 4 aromatic rings. The van der Waals surface area contributed by atoms with Gasteiger partial charge in [-0.15, -0.1) is 0 Å². The quantitative estimate of drug-likeness (QED) is 0.483. The summed E-state index contributed by atoms with van der Waals surface area (Å²) < 4.78 is 34.7. The van der Waals surface area contributed by atoms with Gasteiger partial charge >= 0.3 is 0 Å². The number of nitrogens with one attached hydrogen (secondary N) is 2. The van der Waals surface area contributed by atoms with Crippen LogP contribution in [0.4, 0.5) is 0 Å². The maximum absolute atomic E-state index is 13.1. The molecular weight excluding hydrogens is 386 g/mol. The van der Waals surface area contributed by atoms with Gasteiger partial charge in [-0.2, -0.15) is 0 Å². The maximum Gasteiger partial charge on any atom is 0.241 e.